The molecule has 1 N–H and O–H groups in total. The second-order valence-corrected chi connectivity index (χ2v) is 2.18. The van der Waals surface area contributed by atoms with E-state index in [-0.39, 0.29) is 23.0 Å². The van der Waals surface area contributed by atoms with Gasteiger partial charge < -0.3 is 9.84 Å². The van der Waals surface area contributed by atoms with Gasteiger partial charge in [0.25, 0.3) is 6.47 Å². The Balaban J connectivity index is 3.05. The SMILES string of the molecule is O=COc1cccc(O)c1Cl. The summed E-state index contributed by atoms with van der Waals surface area (Å²) in [5.74, 6) is 0.0488. The second-order valence-electron chi connectivity index (χ2n) is 1.80. The first-order chi connectivity index (χ1) is 5.25. The van der Waals surface area contributed by atoms with Gasteiger partial charge in [-0.25, -0.2) is 0 Å². The normalized spacial score (nSPS) is 9.18. The zero-order valence-electron chi connectivity index (χ0n) is 5.45. The number of carbonyl (C=O) groups excluding carboxylic acids is 1. The van der Waals surface area contributed by atoms with E-state index in [9.17, 15) is 4.79 Å². The second kappa shape index (κ2) is 3.25. The van der Waals surface area contributed by atoms with Crippen molar-refractivity contribution in [3.63, 3.8) is 0 Å². The fourth-order valence-electron chi connectivity index (χ4n) is 0.642. The van der Waals surface area contributed by atoms with E-state index >= 15 is 0 Å². The smallest absolute Gasteiger partial charge is 0.298 e. The maximum Gasteiger partial charge on any atom is 0.298 e. The summed E-state index contributed by atoms with van der Waals surface area (Å²) in [6, 6.07) is 4.41. The van der Waals surface area contributed by atoms with Crippen molar-refractivity contribution in [2.45, 2.75) is 0 Å². The molecule has 0 bridgehead atoms. The van der Waals surface area contributed by atoms with Crippen molar-refractivity contribution in [1.82, 2.24) is 0 Å². The van der Waals surface area contributed by atoms with Gasteiger partial charge in [0.15, 0.2) is 5.75 Å². The van der Waals surface area contributed by atoms with Crippen molar-refractivity contribution >= 4 is 18.1 Å². The molecule has 4 heteroatoms. The topological polar surface area (TPSA) is 46.5 Å². The highest BCUT2D eigenvalue weighted by molar-refractivity contribution is 6.33. The van der Waals surface area contributed by atoms with Gasteiger partial charge in [0.2, 0.25) is 0 Å². The third-order valence-electron chi connectivity index (χ3n) is 1.12. The van der Waals surface area contributed by atoms with E-state index in [2.05, 4.69) is 4.74 Å². The standard InChI is InChI=1S/C7H5ClO3/c8-7-5(10)2-1-3-6(7)11-4-9/h1-4,10H. The van der Waals surface area contributed by atoms with E-state index in [1.54, 1.807) is 0 Å². The number of hydrogen-bond acceptors (Lipinski definition) is 3. The predicted octanol–water partition coefficient (Wildman–Crippen LogP) is 1.58. The number of phenols is 1. The van der Waals surface area contributed by atoms with Crippen LogP contribution in [0.2, 0.25) is 5.02 Å². The number of ether oxygens (including phenoxy) is 1. The quantitative estimate of drug-likeness (QED) is 0.689. The highest BCUT2D eigenvalue weighted by Crippen LogP contribution is 2.31. The molecule has 0 unspecified atom stereocenters. The van der Waals surface area contributed by atoms with Crippen LogP contribution in [-0.4, -0.2) is 11.6 Å². The summed E-state index contributed by atoms with van der Waals surface area (Å²) in [6.07, 6.45) is 0. The molecule has 0 spiro atoms. The molecule has 0 atom stereocenters. The van der Waals surface area contributed by atoms with Crippen LogP contribution in [0.3, 0.4) is 0 Å². The first-order valence-electron chi connectivity index (χ1n) is 2.83. The Bertz CT molecular complexity index is 272. The average molecular weight is 173 g/mol. The summed E-state index contributed by atoms with van der Waals surface area (Å²) >= 11 is 5.54. The van der Waals surface area contributed by atoms with Crippen LogP contribution in [0.4, 0.5) is 0 Å². The maximum absolute atomic E-state index is 9.88. The Morgan fingerprint density at radius 1 is 1.55 bits per heavy atom. The minimum atomic E-state index is -0.106. The van der Waals surface area contributed by atoms with E-state index in [4.69, 9.17) is 16.7 Å². The number of benzene rings is 1. The fourth-order valence-corrected chi connectivity index (χ4v) is 0.813. The first-order valence-corrected chi connectivity index (χ1v) is 3.21. The van der Waals surface area contributed by atoms with Gasteiger partial charge in [0, 0.05) is 0 Å². The van der Waals surface area contributed by atoms with Crippen molar-refractivity contribution < 1.29 is 14.6 Å². The molecule has 1 rings (SSSR count). The molecule has 0 saturated heterocycles. The van der Waals surface area contributed by atoms with E-state index in [0.717, 1.165) is 0 Å². The van der Waals surface area contributed by atoms with E-state index in [1.807, 2.05) is 0 Å². The van der Waals surface area contributed by atoms with Gasteiger partial charge in [-0.1, -0.05) is 17.7 Å². The third kappa shape index (κ3) is 1.62. The van der Waals surface area contributed by atoms with Crippen LogP contribution in [0.5, 0.6) is 11.5 Å². The van der Waals surface area contributed by atoms with Gasteiger partial charge in [-0.2, -0.15) is 0 Å². The number of hydrogen-bond donors (Lipinski definition) is 1. The van der Waals surface area contributed by atoms with Crippen molar-refractivity contribution in [1.29, 1.82) is 0 Å². The van der Waals surface area contributed by atoms with Crippen LogP contribution < -0.4 is 4.74 Å². The number of aromatic hydroxyl groups is 1. The predicted molar refractivity (Wildman–Crippen MR) is 39.8 cm³/mol. The molecule has 0 fully saturated rings. The highest BCUT2D eigenvalue weighted by atomic mass is 35.5. The van der Waals surface area contributed by atoms with Crippen LogP contribution in [0.15, 0.2) is 18.2 Å². The molecule has 0 radical (unpaired) electrons. The minimum absolute atomic E-state index is 0.0413. The summed E-state index contributed by atoms with van der Waals surface area (Å²) in [4.78, 5) is 9.88. The summed E-state index contributed by atoms with van der Waals surface area (Å²) in [6.45, 7) is 0.251. The maximum atomic E-state index is 9.88. The number of halogens is 1. The zero-order chi connectivity index (χ0) is 8.27. The summed E-state index contributed by atoms with van der Waals surface area (Å²) < 4.78 is 4.44. The van der Waals surface area contributed by atoms with Crippen LogP contribution in [0.1, 0.15) is 0 Å². The van der Waals surface area contributed by atoms with Crippen LogP contribution >= 0.6 is 11.6 Å². The number of rotatable bonds is 2. The van der Waals surface area contributed by atoms with Gasteiger partial charge >= 0.3 is 0 Å². The van der Waals surface area contributed by atoms with Gasteiger partial charge in [0.05, 0.1) is 0 Å². The average Bonchev–Trinajstić information content (AvgIpc) is 1.99. The Morgan fingerprint density at radius 2 is 2.27 bits per heavy atom. The number of carbonyl (C=O) groups is 1. The van der Waals surface area contributed by atoms with Gasteiger partial charge in [0.1, 0.15) is 10.8 Å². The molecule has 11 heavy (non-hydrogen) atoms. The Kier molecular flexibility index (Phi) is 2.33. The van der Waals surface area contributed by atoms with Gasteiger partial charge in [-0.15, -0.1) is 0 Å². The van der Waals surface area contributed by atoms with Gasteiger partial charge in [-0.3, -0.25) is 4.79 Å². The first kappa shape index (κ1) is 7.88. The lowest BCUT2D eigenvalue weighted by atomic mass is 10.3. The summed E-state index contributed by atoms with van der Waals surface area (Å²) in [5.41, 5.74) is 0. The molecular formula is C7H5ClO3. The fraction of sp³-hybridized carbons (Fsp3) is 0. The molecule has 0 aliphatic heterocycles. The van der Waals surface area contributed by atoms with Gasteiger partial charge in [-0.05, 0) is 12.1 Å². The van der Waals surface area contributed by atoms with Crippen molar-refractivity contribution in [3.05, 3.63) is 23.2 Å². The summed E-state index contributed by atoms with van der Waals surface area (Å²) in [7, 11) is 0. The van der Waals surface area contributed by atoms with Crippen LogP contribution in [0, 0.1) is 0 Å². The lowest BCUT2D eigenvalue weighted by molar-refractivity contribution is -0.120. The molecular weight excluding hydrogens is 168 g/mol. The van der Waals surface area contributed by atoms with Crippen molar-refractivity contribution in [2.75, 3.05) is 0 Å². The summed E-state index contributed by atoms with van der Waals surface area (Å²) in [5, 5.41) is 9.04. The highest BCUT2D eigenvalue weighted by Gasteiger charge is 2.04. The zero-order valence-corrected chi connectivity index (χ0v) is 6.21. The molecule has 0 saturated carbocycles. The van der Waals surface area contributed by atoms with Crippen LogP contribution in [-0.2, 0) is 4.79 Å². The molecule has 0 aliphatic carbocycles. The number of phenolic OH excluding ortho intramolecular Hbond substituents is 1. The largest absolute Gasteiger partial charge is 0.506 e. The molecule has 1 aromatic carbocycles. The molecule has 1 aromatic rings. The lowest BCUT2D eigenvalue weighted by Gasteiger charge is -2.00. The molecule has 0 aliphatic rings. The van der Waals surface area contributed by atoms with E-state index < -0.39 is 0 Å². The minimum Gasteiger partial charge on any atom is -0.506 e. The van der Waals surface area contributed by atoms with Crippen LogP contribution in [0.25, 0.3) is 0 Å². The molecule has 0 heterocycles. The monoisotopic (exact) mass is 172 g/mol. The lowest BCUT2D eigenvalue weighted by Crippen LogP contribution is -1.88. The molecule has 3 nitrogen and oxygen atoms in total. The Labute approximate surface area is 68.2 Å². The van der Waals surface area contributed by atoms with E-state index in [1.165, 1.54) is 18.2 Å². The molecule has 0 amide bonds. The third-order valence-corrected chi connectivity index (χ3v) is 1.50. The Hall–Kier alpha value is -1.22. The Morgan fingerprint density at radius 3 is 2.91 bits per heavy atom. The molecule has 0 aromatic heterocycles. The molecule has 58 valence electrons. The van der Waals surface area contributed by atoms with Crippen molar-refractivity contribution in [2.24, 2.45) is 0 Å². The van der Waals surface area contributed by atoms with Crippen molar-refractivity contribution in [3.8, 4) is 11.5 Å². The van der Waals surface area contributed by atoms with E-state index in [0.29, 0.717) is 0 Å².